The van der Waals surface area contributed by atoms with Crippen molar-refractivity contribution in [2.24, 2.45) is 0 Å². The molecule has 1 aromatic heterocycles. The van der Waals surface area contributed by atoms with Crippen LogP contribution in [-0.2, 0) is 6.54 Å². The summed E-state index contributed by atoms with van der Waals surface area (Å²) >= 11 is 0. The van der Waals surface area contributed by atoms with Gasteiger partial charge in [-0.05, 0) is 24.6 Å². The third-order valence-corrected chi connectivity index (χ3v) is 2.87. The fourth-order valence-corrected chi connectivity index (χ4v) is 1.83. The average molecular weight is 304 g/mol. The number of methoxy groups -OCH3 is 1. The summed E-state index contributed by atoms with van der Waals surface area (Å²) in [5.74, 6) is 0.828. The largest absolute Gasteiger partial charge is 0.497 e. The molecule has 0 atom stereocenters. The van der Waals surface area contributed by atoms with E-state index in [-0.39, 0.29) is 24.0 Å². The van der Waals surface area contributed by atoms with Crippen LogP contribution in [0.2, 0.25) is 0 Å². The first-order chi connectivity index (χ1) is 10.7. The number of rotatable bonds is 7. The van der Waals surface area contributed by atoms with Crippen LogP contribution in [0.15, 0.2) is 30.6 Å². The summed E-state index contributed by atoms with van der Waals surface area (Å²) in [5, 5.41) is 14.1. The molecule has 2 rings (SSSR count). The fraction of sp³-hybridized carbons (Fsp3) is 0.286. The van der Waals surface area contributed by atoms with Gasteiger partial charge in [0.05, 0.1) is 18.6 Å². The van der Waals surface area contributed by atoms with Crippen molar-refractivity contribution in [1.82, 2.24) is 9.97 Å². The van der Waals surface area contributed by atoms with Gasteiger partial charge in [0.15, 0.2) is 0 Å². The van der Waals surface area contributed by atoms with Crippen LogP contribution in [0.5, 0.6) is 11.6 Å². The molecule has 1 aromatic carbocycles. The topological polar surface area (TPSA) is 99.4 Å². The Bertz CT molecular complexity index is 646. The number of ether oxygens (including phenoxy) is 2. The van der Waals surface area contributed by atoms with Crippen LogP contribution in [0.1, 0.15) is 12.5 Å². The van der Waals surface area contributed by atoms with Gasteiger partial charge in [0.1, 0.15) is 12.1 Å². The molecule has 22 heavy (non-hydrogen) atoms. The smallest absolute Gasteiger partial charge is 0.372 e. The number of aromatic nitrogens is 2. The monoisotopic (exact) mass is 304 g/mol. The Morgan fingerprint density at radius 2 is 2.00 bits per heavy atom. The number of nitrogens with one attached hydrogen (secondary N) is 1. The zero-order valence-corrected chi connectivity index (χ0v) is 12.3. The number of anilines is 1. The first-order valence-electron chi connectivity index (χ1n) is 6.64. The van der Waals surface area contributed by atoms with Crippen LogP contribution in [0, 0.1) is 10.1 Å². The summed E-state index contributed by atoms with van der Waals surface area (Å²) in [5.41, 5.74) is 0.671. The van der Waals surface area contributed by atoms with Gasteiger partial charge in [0.2, 0.25) is 5.82 Å². The Labute approximate surface area is 127 Å². The Morgan fingerprint density at radius 1 is 1.27 bits per heavy atom. The molecule has 0 unspecified atom stereocenters. The van der Waals surface area contributed by atoms with Gasteiger partial charge in [0.25, 0.3) is 5.88 Å². The third-order valence-electron chi connectivity index (χ3n) is 2.87. The maximum atomic E-state index is 11.2. The average Bonchev–Trinajstić information content (AvgIpc) is 2.53. The number of nitrogens with zero attached hydrogens (tertiary/aromatic N) is 3. The second-order valence-electron chi connectivity index (χ2n) is 4.27. The second kappa shape index (κ2) is 7.21. The fourth-order valence-electron chi connectivity index (χ4n) is 1.83. The molecule has 0 aliphatic carbocycles. The van der Waals surface area contributed by atoms with Crippen LogP contribution < -0.4 is 14.8 Å². The highest BCUT2D eigenvalue weighted by molar-refractivity contribution is 5.61. The predicted octanol–water partition coefficient (Wildman–Crippen LogP) is 2.40. The van der Waals surface area contributed by atoms with E-state index in [2.05, 4.69) is 15.3 Å². The van der Waals surface area contributed by atoms with Crippen LogP contribution in [0.25, 0.3) is 0 Å². The number of hydrogen-bond acceptors (Lipinski definition) is 7. The molecule has 1 heterocycles. The van der Waals surface area contributed by atoms with E-state index in [1.165, 1.54) is 6.33 Å². The minimum Gasteiger partial charge on any atom is -0.497 e. The van der Waals surface area contributed by atoms with Gasteiger partial charge in [0, 0.05) is 6.54 Å². The summed E-state index contributed by atoms with van der Waals surface area (Å²) < 4.78 is 10.3. The Morgan fingerprint density at radius 3 is 2.59 bits per heavy atom. The number of benzene rings is 1. The molecule has 0 amide bonds. The Balaban J connectivity index is 2.17. The molecule has 0 spiro atoms. The van der Waals surface area contributed by atoms with E-state index in [0.717, 1.165) is 11.3 Å². The van der Waals surface area contributed by atoms with Crippen molar-refractivity contribution in [2.45, 2.75) is 13.5 Å². The van der Waals surface area contributed by atoms with Gasteiger partial charge in [-0.2, -0.15) is 4.98 Å². The molecule has 8 nitrogen and oxygen atoms in total. The summed E-state index contributed by atoms with van der Waals surface area (Å²) in [4.78, 5) is 18.4. The van der Waals surface area contributed by atoms with E-state index in [1.807, 2.05) is 24.3 Å². The van der Waals surface area contributed by atoms with Crippen LogP contribution in [0.3, 0.4) is 0 Å². The van der Waals surface area contributed by atoms with Gasteiger partial charge in [-0.3, -0.25) is 10.1 Å². The van der Waals surface area contributed by atoms with Crippen LogP contribution in [0.4, 0.5) is 11.5 Å². The predicted molar refractivity (Wildman–Crippen MR) is 80.2 cm³/mol. The van der Waals surface area contributed by atoms with Gasteiger partial charge in [-0.25, -0.2) is 4.98 Å². The van der Waals surface area contributed by atoms with Crippen molar-refractivity contribution < 1.29 is 14.4 Å². The molecular formula is C14H16N4O4. The van der Waals surface area contributed by atoms with E-state index in [0.29, 0.717) is 6.54 Å². The molecule has 0 aliphatic rings. The third kappa shape index (κ3) is 3.60. The first kappa shape index (κ1) is 15.5. The maximum absolute atomic E-state index is 11.2. The molecule has 1 N–H and O–H groups in total. The molecule has 0 aliphatic heterocycles. The normalized spacial score (nSPS) is 10.1. The lowest BCUT2D eigenvalue weighted by Gasteiger charge is -2.09. The van der Waals surface area contributed by atoms with Crippen LogP contribution in [-0.4, -0.2) is 28.6 Å². The van der Waals surface area contributed by atoms with E-state index in [4.69, 9.17) is 9.47 Å². The SMILES string of the molecule is CCOc1ncnc(NCc2ccc(OC)cc2)c1[N+](=O)[O-]. The number of nitro groups is 1. The quantitative estimate of drug-likeness (QED) is 0.619. The number of hydrogen-bond donors (Lipinski definition) is 1. The van der Waals surface area contributed by atoms with Gasteiger partial charge < -0.3 is 14.8 Å². The highest BCUT2D eigenvalue weighted by Crippen LogP contribution is 2.31. The molecule has 0 fully saturated rings. The summed E-state index contributed by atoms with van der Waals surface area (Å²) in [6.07, 6.45) is 1.23. The standard InChI is InChI=1S/C14H16N4O4/c1-3-22-14-12(18(19)20)13(16-9-17-14)15-8-10-4-6-11(21-2)7-5-10/h4-7,9H,3,8H2,1-2H3,(H,15,16,17). The lowest BCUT2D eigenvalue weighted by Crippen LogP contribution is -2.08. The molecule has 116 valence electrons. The molecule has 8 heteroatoms. The van der Waals surface area contributed by atoms with Crippen molar-refractivity contribution in [2.75, 3.05) is 19.0 Å². The van der Waals surface area contributed by atoms with Crippen molar-refractivity contribution in [3.63, 3.8) is 0 Å². The van der Waals surface area contributed by atoms with Crippen LogP contribution >= 0.6 is 0 Å². The van der Waals surface area contributed by atoms with Crippen molar-refractivity contribution in [3.05, 3.63) is 46.3 Å². The van der Waals surface area contributed by atoms with E-state index < -0.39 is 4.92 Å². The minimum absolute atomic E-state index is 0.0419. The minimum atomic E-state index is -0.554. The van der Waals surface area contributed by atoms with Crippen molar-refractivity contribution in [3.8, 4) is 11.6 Å². The summed E-state index contributed by atoms with van der Waals surface area (Å²) in [6, 6.07) is 7.36. The highest BCUT2D eigenvalue weighted by atomic mass is 16.6. The Hall–Kier alpha value is -2.90. The molecule has 0 saturated heterocycles. The van der Waals surface area contributed by atoms with E-state index in [1.54, 1.807) is 14.0 Å². The van der Waals surface area contributed by atoms with Crippen molar-refractivity contribution >= 4 is 11.5 Å². The first-order valence-corrected chi connectivity index (χ1v) is 6.64. The Kier molecular flexibility index (Phi) is 5.07. The zero-order valence-electron chi connectivity index (χ0n) is 12.3. The lowest BCUT2D eigenvalue weighted by molar-refractivity contribution is -0.385. The molecule has 0 radical (unpaired) electrons. The molecular weight excluding hydrogens is 288 g/mol. The second-order valence-corrected chi connectivity index (χ2v) is 4.27. The van der Waals surface area contributed by atoms with Gasteiger partial charge in [-0.1, -0.05) is 12.1 Å². The molecule has 0 bridgehead atoms. The summed E-state index contributed by atoms with van der Waals surface area (Å²) in [6.45, 7) is 2.40. The van der Waals surface area contributed by atoms with Gasteiger partial charge in [-0.15, -0.1) is 0 Å². The summed E-state index contributed by atoms with van der Waals surface area (Å²) in [7, 11) is 1.59. The van der Waals surface area contributed by atoms with Crippen molar-refractivity contribution in [1.29, 1.82) is 0 Å². The molecule has 2 aromatic rings. The zero-order chi connectivity index (χ0) is 15.9. The molecule has 0 saturated carbocycles. The highest BCUT2D eigenvalue weighted by Gasteiger charge is 2.23. The maximum Gasteiger partial charge on any atom is 0.372 e. The van der Waals surface area contributed by atoms with Gasteiger partial charge >= 0.3 is 5.69 Å². The lowest BCUT2D eigenvalue weighted by atomic mass is 10.2. The van der Waals surface area contributed by atoms with E-state index >= 15 is 0 Å². The van der Waals surface area contributed by atoms with E-state index in [9.17, 15) is 10.1 Å².